The van der Waals surface area contributed by atoms with Crippen molar-refractivity contribution in [2.75, 3.05) is 6.54 Å². The molecule has 6 unspecified atom stereocenters. The van der Waals surface area contributed by atoms with E-state index in [0.717, 1.165) is 33.2 Å². The second kappa shape index (κ2) is 10.2. The van der Waals surface area contributed by atoms with Crippen LogP contribution in [0.1, 0.15) is 46.7 Å². The van der Waals surface area contributed by atoms with Crippen molar-refractivity contribution in [3.05, 3.63) is 79.8 Å². The zero-order valence-corrected chi connectivity index (χ0v) is 24.1. The number of hydrogen-bond acceptors (Lipinski definition) is 7. The first-order valence-corrected chi connectivity index (χ1v) is 15.8. The maximum absolute atomic E-state index is 13.7. The van der Waals surface area contributed by atoms with Gasteiger partial charge in [-0.2, -0.15) is 0 Å². The van der Waals surface area contributed by atoms with E-state index in [0.29, 0.717) is 6.61 Å². The third-order valence-corrected chi connectivity index (χ3v) is 11.9. The van der Waals surface area contributed by atoms with E-state index >= 15 is 0 Å². The van der Waals surface area contributed by atoms with Gasteiger partial charge in [0.1, 0.15) is 12.4 Å². The van der Waals surface area contributed by atoms with Crippen molar-refractivity contribution < 1.29 is 24.2 Å². The molecule has 3 fully saturated rings. The smallest absolute Gasteiger partial charge is 0.305 e. The van der Waals surface area contributed by atoms with Gasteiger partial charge in [-0.25, -0.2) is 0 Å². The second-order valence-electron chi connectivity index (χ2n) is 11.6. The lowest BCUT2D eigenvalue weighted by molar-refractivity contribution is -0.142. The van der Waals surface area contributed by atoms with Gasteiger partial charge in [0.25, 0.3) is 0 Å². The number of nitrogens with zero attached hydrogens (tertiary/aromatic N) is 1. The van der Waals surface area contributed by atoms with Crippen LogP contribution < -0.4 is 9.61 Å². The van der Waals surface area contributed by atoms with E-state index in [4.69, 9.17) is 9.84 Å². The minimum Gasteiger partial charge on any atom is -0.489 e. The van der Waals surface area contributed by atoms with Crippen molar-refractivity contribution in [1.82, 2.24) is 9.88 Å². The number of amides is 2. The first kappa shape index (κ1) is 26.5. The van der Waals surface area contributed by atoms with Gasteiger partial charge in [-0.3, -0.25) is 24.1 Å². The van der Waals surface area contributed by atoms with Crippen LogP contribution in [0.3, 0.4) is 0 Å². The topological polar surface area (TPSA) is 117 Å². The molecule has 41 heavy (non-hydrogen) atoms. The summed E-state index contributed by atoms with van der Waals surface area (Å²) in [7, 11) is 0. The number of nitrogens with one attached hydrogen (secondary N) is 1. The van der Waals surface area contributed by atoms with Gasteiger partial charge >= 0.3 is 10.8 Å². The molecule has 2 aliphatic heterocycles. The molecule has 7 atom stereocenters. The summed E-state index contributed by atoms with van der Waals surface area (Å²) in [5, 5.41) is 10.00. The third kappa shape index (κ3) is 4.34. The molecule has 3 heterocycles. The van der Waals surface area contributed by atoms with E-state index in [1.807, 2.05) is 18.2 Å². The lowest BCUT2D eigenvalue weighted by Crippen LogP contribution is -2.42. The fourth-order valence-electron chi connectivity index (χ4n) is 7.75. The number of aromatic nitrogens is 1. The van der Waals surface area contributed by atoms with E-state index in [2.05, 4.69) is 42.2 Å². The molecular weight excluding hydrogens is 560 g/mol. The summed E-state index contributed by atoms with van der Waals surface area (Å²) < 4.78 is 6.40. The number of para-hydroxylation sites is 1. The number of benzene rings is 2. The molecule has 0 radical (unpaired) electrons. The number of H-pyrrole nitrogens is 1. The summed E-state index contributed by atoms with van der Waals surface area (Å²) in [6.45, 7) is 2.62. The van der Waals surface area contributed by atoms with Crippen LogP contribution in [0.5, 0.6) is 5.75 Å². The highest BCUT2D eigenvalue weighted by Crippen LogP contribution is 2.69. The van der Waals surface area contributed by atoms with Gasteiger partial charge in [0.05, 0.1) is 16.9 Å². The summed E-state index contributed by atoms with van der Waals surface area (Å²) >= 11 is 2.89. The van der Waals surface area contributed by atoms with Crippen molar-refractivity contribution in [3.8, 4) is 5.75 Å². The Labute approximate surface area is 245 Å². The second-order valence-corrected chi connectivity index (χ2v) is 13.8. The summed E-state index contributed by atoms with van der Waals surface area (Å²) in [5.74, 6) is -1.26. The van der Waals surface area contributed by atoms with E-state index < -0.39 is 5.97 Å². The Morgan fingerprint density at radius 2 is 1.78 bits per heavy atom. The van der Waals surface area contributed by atoms with Crippen LogP contribution in [0.15, 0.2) is 58.4 Å². The highest BCUT2D eigenvalue weighted by molar-refractivity contribution is 8.00. The SMILES string of the molecule is Cc1ccc(COc2ccccc2[C@H]2c3sc(=O)[nH]c3SC3C4CC(C5C(=O)N(CCCC(=O)O)C(=O)C45)C32)cc1. The number of ether oxygens (including phenoxy) is 1. The maximum atomic E-state index is 13.7. The minimum absolute atomic E-state index is 0.00364. The van der Waals surface area contributed by atoms with Gasteiger partial charge < -0.3 is 14.8 Å². The first-order chi connectivity index (χ1) is 19.8. The summed E-state index contributed by atoms with van der Waals surface area (Å²) in [4.78, 5) is 56.0. The average Bonchev–Trinajstić information content (AvgIpc) is 3.68. The molecule has 3 aromatic rings. The molecule has 2 aliphatic carbocycles. The van der Waals surface area contributed by atoms with Crippen LogP contribution in [-0.4, -0.2) is 44.6 Å². The number of thioether (sulfide) groups is 1. The lowest BCUT2D eigenvalue weighted by atomic mass is 9.68. The number of carbonyl (C=O) groups is 3. The molecule has 2 aromatic carbocycles. The molecule has 2 N–H and O–H groups in total. The number of aliphatic carboxylic acids is 1. The molecule has 1 aromatic heterocycles. The molecule has 2 amide bonds. The van der Waals surface area contributed by atoms with E-state index in [1.54, 1.807) is 11.8 Å². The Hall–Kier alpha value is -3.37. The van der Waals surface area contributed by atoms with E-state index in [1.165, 1.54) is 21.8 Å². The highest BCUT2D eigenvalue weighted by Gasteiger charge is 2.69. The molecule has 4 aliphatic rings. The van der Waals surface area contributed by atoms with Crippen LogP contribution in [0.2, 0.25) is 0 Å². The van der Waals surface area contributed by atoms with Crippen molar-refractivity contribution >= 4 is 40.9 Å². The molecule has 2 saturated carbocycles. The number of carboxylic acid groups (broad SMARTS) is 1. The Balaban J connectivity index is 1.23. The summed E-state index contributed by atoms with van der Waals surface area (Å²) in [6, 6.07) is 16.2. The van der Waals surface area contributed by atoms with Crippen LogP contribution in [0.25, 0.3) is 0 Å². The zero-order chi connectivity index (χ0) is 28.4. The molecule has 2 bridgehead atoms. The number of fused-ring (bicyclic) bond motifs is 9. The standard InChI is InChI=1S/C31H30N2O6S2/c1-15-8-10-16(11-9-15)14-39-20-6-3-2-5-17(20)22-23-18-13-19(26(23)40-28-27(22)41-31(38)32-28)25-24(18)29(36)33(30(25)37)12-4-7-21(34)35/h2-3,5-6,8-11,18-19,22-26H,4,7,12-14H2,1H3,(H,32,38)(H,34,35)/t18?,19?,22-,23?,24?,25?,26?/m1/s1. The van der Waals surface area contributed by atoms with Gasteiger partial charge in [-0.1, -0.05) is 59.4 Å². The molecule has 8 nitrogen and oxygen atoms in total. The average molecular weight is 591 g/mol. The molecule has 212 valence electrons. The number of aromatic amines is 1. The summed E-state index contributed by atoms with van der Waals surface area (Å²) in [6.07, 6.45) is 0.992. The van der Waals surface area contributed by atoms with Crippen LogP contribution >= 0.6 is 23.1 Å². The molecule has 7 rings (SSSR count). The molecular formula is C31H30N2O6S2. The third-order valence-electron chi connectivity index (χ3n) is 9.36. The quantitative estimate of drug-likeness (QED) is 0.367. The maximum Gasteiger partial charge on any atom is 0.305 e. The Bertz CT molecular complexity index is 1600. The Morgan fingerprint density at radius 3 is 2.54 bits per heavy atom. The van der Waals surface area contributed by atoms with Crippen molar-refractivity contribution in [3.63, 3.8) is 0 Å². The van der Waals surface area contributed by atoms with Crippen molar-refractivity contribution in [2.45, 2.75) is 49.0 Å². The van der Waals surface area contributed by atoms with Gasteiger partial charge in [-0.05, 0) is 49.1 Å². The van der Waals surface area contributed by atoms with Crippen LogP contribution in [0.4, 0.5) is 0 Å². The van der Waals surface area contributed by atoms with E-state index in [-0.39, 0.29) is 76.8 Å². The fourth-order valence-corrected chi connectivity index (χ4v) is 10.6. The number of imide groups is 1. The number of thiazole rings is 1. The number of likely N-dealkylation sites (tertiary alicyclic amines) is 1. The lowest BCUT2D eigenvalue weighted by Gasteiger charge is -2.43. The summed E-state index contributed by atoms with van der Waals surface area (Å²) in [5.41, 5.74) is 3.26. The monoisotopic (exact) mass is 590 g/mol. The van der Waals surface area contributed by atoms with Crippen molar-refractivity contribution in [2.24, 2.45) is 29.6 Å². The zero-order valence-electron chi connectivity index (χ0n) is 22.4. The normalized spacial score (nSPS) is 29.4. The number of carboxylic acids is 1. The number of hydrogen-bond donors (Lipinski definition) is 2. The van der Waals surface area contributed by atoms with Crippen LogP contribution in [0, 0.1) is 36.5 Å². The van der Waals surface area contributed by atoms with Gasteiger partial charge in [0.2, 0.25) is 11.8 Å². The molecule has 10 heteroatoms. The number of rotatable bonds is 8. The van der Waals surface area contributed by atoms with Crippen molar-refractivity contribution in [1.29, 1.82) is 0 Å². The van der Waals surface area contributed by atoms with Gasteiger partial charge in [0, 0.05) is 34.6 Å². The van der Waals surface area contributed by atoms with Gasteiger partial charge in [0.15, 0.2) is 0 Å². The largest absolute Gasteiger partial charge is 0.489 e. The fraction of sp³-hybridized carbons (Fsp3) is 0.419. The Kier molecular flexibility index (Phi) is 6.58. The molecule has 1 saturated heterocycles. The first-order valence-electron chi connectivity index (χ1n) is 14.1. The number of carbonyl (C=O) groups excluding carboxylic acids is 2. The number of aryl methyl sites for hydroxylation is 1. The van der Waals surface area contributed by atoms with Gasteiger partial charge in [-0.15, -0.1) is 11.8 Å². The minimum atomic E-state index is -0.932. The predicted molar refractivity (Wildman–Crippen MR) is 154 cm³/mol. The van der Waals surface area contributed by atoms with Crippen LogP contribution in [-0.2, 0) is 21.0 Å². The Morgan fingerprint density at radius 1 is 1.05 bits per heavy atom. The molecule has 0 spiro atoms. The predicted octanol–water partition coefficient (Wildman–Crippen LogP) is 4.66. The highest BCUT2D eigenvalue weighted by atomic mass is 32.2. The van der Waals surface area contributed by atoms with E-state index in [9.17, 15) is 19.2 Å².